The van der Waals surface area contributed by atoms with Crippen LogP contribution in [0.4, 0.5) is 16.4 Å². The van der Waals surface area contributed by atoms with Crippen LogP contribution < -0.4 is 15.4 Å². The smallest absolute Gasteiger partial charge is 0.326 e. The molecule has 2 rings (SSSR count). The van der Waals surface area contributed by atoms with Crippen LogP contribution in [0.25, 0.3) is 0 Å². The van der Waals surface area contributed by atoms with Gasteiger partial charge in [0.05, 0.1) is 12.3 Å². The Hall–Kier alpha value is -2.50. The molecule has 0 saturated heterocycles. The van der Waals surface area contributed by atoms with Gasteiger partial charge in [0, 0.05) is 11.8 Å². The number of anilines is 2. The number of unbranched alkanes of at least 4 members (excludes halogenated alkanes) is 1. The SMILES string of the molecule is CCCCOc1ccc(NC(=O)Nc2cc(C)no2)cc1. The first-order valence-electron chi connectivity index (χ1n) is 6.91. The Bertz CT molecular complexity index is 578. The highest BCUT2D eigenvalue weighted by molar-refractivity contribution is 5.98. The third-order valence-electron chi connectivity index (χ3n) is 2.74. The number of aromatic nitrogens is 1. The van der Waals surface area contributed by atoms with Gasteiger partial charge in [0.2, 0.25) is 5.88 Å². The quantitative estimate of drug-likeness (QED) is 0.793. The van der Waals surface area contributed by atoms with Gasteiger partial charge in [-0.25, -0.2) is 4.79 Å². The monoisotopic (exact) mass is 289 g/mol. The topological polar surface area (TPSA) is 76.4 Å². The molecule has 1 aromatic heterocycles. The molecule has 1 aromatic carbocycles. The van der Waals surface area contributed by atoms with Gasteiger partial charge in [-0.15, -0.1) is 0 Å². The highest BCUT2D eigenvalue weighted by Gasteiger charge is 2.06. The number of carbonyl (C=O) groups is 1. The van der Waals surface area contributed by atoms with E-state index in [0.717, 1.165) is 18.6 Å². The molecule has 2 aromatic rings. The van der Waals surface area contributed by atoms with Gasteiger partial charge in [-0.2, -0.15) is 0 Å². The number of nitrogens with one attached hydrogen (secondary N) is 2. The summed E-state index contributed by atoms with van der Waals surface area (Å²) < 4.78 is 10.5. The maximum absolute atomic E-state index is 11.7. The molecule has 0 radical (unpaired) electrons. The number of rotatable bonds is 6. The van der Waals surface area contributed by atoms with E-state index in [-0.39, 0.29) is 6.03 Å². The molecular formula is C15H19N3O3. The molecule has 0 spiro atoms. The van der Waals surface area contributed by atoms with Crippen molar-refractivity contribution in [1.82, 2.24) is 5.16 Å². The lowest BCUT2D eigenvalue weighted by Crippen LogP contribution is -2.18. The van der Waals surface area contributed by atoms with Gasteiger partial charge >= 0.3 is 6.03 Å². The second-order valence-electron chi connectivity index (χ2n) is 4.64. The van der Waals surface area contributed by atoms with Crippen molar-refractivity contribution in [2.45, 2.75) is 26.7 Å². The Kier molecular flexibility index (Phi) is 5.20. The van der Waals surface area contributed by atoms with E-state index in [1.165, 1.54) is 0 Å². The Morgan fingerprint density at radius 3 is 2.67 bits per heavy atom. The van der Waals surface area contributed by atoms with Gasteiger partial charge < -0.3 is 14.6 Å². The van der Waals surface area contributed by atoms with E-state index < -0.39 is 0 Å². The third kappa shape index (κ3) is 4.83. The zero-order valence-corrected chi connectivity index (χ0v) is 12.2. The number of ether oxygens (including phenoxy) is 1. The molecule has 21 heavy (non-hydrogen) atoms. The van der Waals surface area contributed by atoms with E-state index in [1.807, 2.05) is 12.1 Å². The van der Waals surface area contributed by atoms with E-state index in [2.05, 4.69) is 22.7 Å². The Labute approximate surface area is 123 Å². The number of amides is 2. The summed E-state index contributed by atoms with van der Waals surface area (Å²) in [6.07, 6.45) is 2.12. The van der Waals surface area contributed by atoms with Crippen LogP contribution in [-0.4, -0.2) is 17.8 Å². The molecule has 0 aliphatic carbocycles. The fourth-order valence-electron chi connectivity index (χ4n) is 1.67. The molecule has 112 valence electrons. The first-order chi connectivity index (χ1) is 10.2. The number of hydrogen-bond donors (Lipinski definition) is 2. The van der Waals surface area contributed by atoms with Crippen molar-refractivity contribution in [3.8, 4) is 5.75 Å². The van der Waals surface area contributed by atoms with E-state index in [1.54, 1.807) is 25.1 Å². The number of nitrogens with zero attached hydrogens (tertiary/aromatic N) is 1. The maximum atomic E-state index is 11.7. The largest absolute Gasteiger partial charge is 0.494 e. The molecule has 1 heterocycles. The molecule has 0 atom stereocenters. The first kappa shape index (κ1) is 14.9. The summed E-state index contributed by atoms with van der Waals surface area (Å²) in [5.41, 5.74) is 1.38. The van der Waals surface area contributed by atoms with Crippen molar-refractivity contribution < 1.29 is 14.1 Å². The van der Waals surface area contributed by atoms with Crippen molar-refractivity contribution in [3.05, 3.63) is 36.0 Å². The van der Waals surface area contributed by atoms with Crippen molar-refractivity contribution in [1.29, 1.82) is 0 Å². The fourth-order valence-corrected chi connectivity index (χ4v) is 1.67. The van der Waals surface area contributed by atoms with E-state index in [0.29, 0.717) is 23.9 Å². The molecule has 0 saturated carbocycles. The van der Waals surface area contributed by atoms with Gasteiger partial charge in [0.25, 0.3) is 0 Å². The molecule has 0 aliphatic heterocycles. The second-order valence-corrected chi connectivity index (χ2v) is 4.64. The lowest BCUT2D eigenvalue weighted by atomic mass is 10.3. The van der Waals surface area contributed by atoms with Crippen LogP contribution in [0.3, 0.4) is 0 Å². The molecule has 6 nitrogen and oxygen atoms in total. The van der Waals surface area contributed by atoms with Crippen LogP contribution in [0.2, 0.25) is 0 Å². The van der Waals surface area contributed by atoms with Gasteiger partial charge in [-0.05, 0) is 37.6 Å². The van der Waals surface area contributed by atoms with Crippen LogP contribution >= 0.6 is 0 Å². The van der Waals surface area contributed by atoms with Gasteiger partial charge in [-0.1, -0.05) is 18.5 Å². The van der Waals surface area contributed by atoms with E-state index in [9.17, 15) is 4.79 Å². The summed E-state index contributed by atoms with van der Waals surface area (Å²) in [5.74, 6) is 1.10. The Balaban J connectivity index is 1.83. The molecular weight excluding hydrogens is 270 g/mol. The van der Waals surface area contributed by atoms with Crippen LogP contribution in [0.15, 0.2) is 34.9 Å². The fraction of sp³-hybridized carbons (Fsp3) is 0.333. The highest BCUT2D eigenvalue weighted by atomic mass is 16.5. The van der Waals surface area contributed by atoms with Crippen LogP contribution in [0.1, 0.15) is 25.5 Å². The predicted molar refractivity (Wildman–Crippen MR) is 80.7 cm³/mol. The molecule has 0 bridgehead atoms. The summed E-state index contributed by atoms with van der Waals surface area (Å²) in [6.45, 7) is 4.60. The number of benzene rings is 1. The zero-order valence-electron chi connectivity index (χ0n) is 12.2. The number of aryl methyl sites for hydroxylation is 1. The van der Waals surface area contributed by atoms with Crippen molar-refractivity contribution in [3.63, 3.8) is 0 Å². The molecule has 2 N–H and O–H groups in total. The summed E-state index contributed by atoms with van der Waals surface area (Å²) in [7, 11) is 0. The molecule has 6 heteroatoms. The van der Waals surface area contributed by atoms with Crippen molar-refractivity contribution in [2.24, 2.45) is 0 Å². The minimum atomic E-state index is -0.384. The summed E-state index contributed by atoms with van der Waals surface area (Å²) in [4.78, 5) is 11.7. The Morgan fingerprint density at radius 1 is 1.29 bits per heavy atom. The second kappa shape index (κ2) is 7.33. The zero-order chi connectivity index (χ0) is 15.1. The molecule has 0 aliphatic rings. The first-order valence-corrected chi connectivity index (χ1v) is 6.91. The minimum absolute atomic E-state index is 0.310. The van der Waals surface area contributed by atoms with Gasteiger partial charge in [0.15, 0.2) is 0 Å². The predicted octanol–water partition coefficient (Wildman–Crippen LogP) is 3.81. The van der Waals surface area contributed by atoms with Crippen LogP contribution in [0.5, 0.6) is 5.75 Å². The van der Waals surface area contributed by atoms with Crippen LogP contribution in [-0.2, 0) is 0 Å². The van der Waals surface area contributed by atoms with E-state index in [4.69, 9.17) is 9.26 Å². The summed E-state index contributed by atoms with van der Waals surface area (Å²) in [5, 5.41) is 8.95. The number of hydrogen-bond acceptors (Lipinski definition) is 4. The number of carbonyl (C=O) groups excluding carboxylic acids is 1. The van der Waals surface area contributed by atoms with Crippen LogP contribution in [0, 0.1) is 6.92 Å². The maximum Gasteiger partial charge on any atom is 0.326 e. The molecule has 0 unspecified atom stereocenters. The van der Waals surface area contributed by atoms with E-state index >= 15 is 0 Å². The lowest BCUT2D eigenvalue weighted by molar-refractivity contribution is 0.261. The van der Waals surface area contributed by atoms with Crippen molar-refractivity contribution in [2.75, 3.05) is 17.2 Å². The third-order valence-corrected chi connectivity index (χ3v) is 2.74. The summed E-state index contributed by atoms with van der Waals surface area (Å²) >= 11 is 0. The Morgan fingerprint density at radius 2 is 2.05 bits per heavy atom. The average molecular weight is 289 g/mol. The molecule has 0 fully saturated rings. The molecule has 2 amide bonds. The lowest BCUT2D eigenvalue weighted by Gasteiger charge is -2.08. The van der Waals surface area contributed by atoms with Gasteiger partial charge in [-0.3, -0.25) is 5.32 Å². The standard InChI is InChI=1S/C15H19N3O3/c1-3-4-9-20-13-7-5-12(6-8-13)16-15(19)17-14-10-11(2)18-21-14/h5-8,10H,3-4,9H2,1-2H3,(H2,16,17,19). The minimum Gasteiger partial charge on any atom is -0.494 e. The van der Waals surface area contributed by atoms with Gasteiger partial charge in [0.1, 0.15) is 5.75 Å². The average Bonchev–Trinajstić information content (AvgIpc) is 2.86. The number of urea groups is 1. The summed E-state index contributed by atoms with van der Waals surface area (Å²) in [6, 6.07) is 8.47. The highest BCUT2D eigenvalue weighted by Crippen LogP contribution is 2.16. The normalized spacial score (nSPS) is 10.2. The van der Waals surface area contributed by atoms with Crippen molar-refractivity contribution >= 4 is 17.6 Å².